The lowest BCUT2D eigenvalue weighted by Crippen LogP contribution is -2.60. The maximum absolute atomic E-state index is 10.3. The van der Waals surface area contributed by atoms with E-state index in [1.165, 1.54) is 5.56 Å². The lowest BCUT2D eigenvalue weighted by molar-refractivity contribution is -0.277. The van der Waals surface area contributed by atoms with Crippen LogP contribution in [0.3, 0.4) is 0 Å². The highest BCUT2D eigenvalue weighted by atomic mass is 16.7. The number of ether oxygens (including phenoxy) is 2. The molecule has 0 radical (unpaired) electrons. The van der Waals surface area contributed by atoms with Gasteiger partial charge in [0, 0.05) is 17.1 Å². The number of hydrogen-bond donors (Lipinski definition) is 5. The molecule has 0 bridgehead atoms. The van der Waals surface area contributed by atoms with Crippen molar-refractivity contribution in [2.24, 2.45) is 0 Å². The Labute approximate surface area is 168 Å². The van der Waals surface area contributed by atoms with E-state index < -0.39 is 37.3 Å². The van der Waals surface area contributed by atoms with E-state index in [4.69, 9.17) is 9.47 Å². The summed E-state index contributed by atoms with van der Waals surface area (Å²) in [5.41, 5.74) is 3.17. The van der Waals surface area contributed by atoms with Gasteiger partial charge in [-0.1, -0.05) is 36.4 Å². The average Bonchev–Trinajstić information content (AvgIpc) is 3.17. The standard InChI is InChI=1S/C22H25NO6/c24-12-17-19(25)20(26)21(27)22(29-17)28-16-8-4-7-15-18(16)14(11-23-15)10-9-13-5-2-1-3-6-13/h1-8,11,17,19-27H,9-10,12H2/t17-,19-,20+,21-,22-/m1/s1. The monoisotopic (exact) mass is 399 g/mol. The smallest absolute Gasteiger partial charge is 0.229 e. The van der Waals surface area contributed by atoms with E-state index in [2.05, 4.69) is 17.1 Å². The van der Waals surface area contributed by atoms with E-state index in [0.717, 1.165) is 29.3 Å². The molecular formula is C22H25NO6. The number of aryl methyl sites for hydroxylation is 2. The van der Waals surface area contributed by atoms with Gasteiger partial charge < -0.3 is 34.9 Å². The number of benzene rings is 2. The summed E-state index contributed by atoms with van der Waals surface area (Å²) >= 11 is 0. The number of fused-ring (bicyclic) bond motifs is 1. The largest absolute Gasteiger partial charge is 0.461 e. The summed E-state index contributed by atoms with van der Waals surface area (Å²) in [6, 6.07) is 15.7. The minimum Gasteiger partial charge on any atom is -0.461 e. The SMILES string of the molecule is OC[C@H]1O[C@@H](Oc2cccc3[nH]cc(CCc4ccccc4)c23)[C@H](O)[C@@H](O)[C@@H]1O. The molecule has 0 aliphatic carbocycles. The second-order valence-electron chi connectivity index (χ2n) is 7.29. The van der Waals surface area contributed by atoms with Crippen LogP contribution in [0.15, 0.2) is 54.7 Å². The first-order valence-electron chi connectivity index (χ1n) is 9.68. The van der Waals surface area contributed by atoms with E-state index in [0.29, 0.717) is 5.75 Å². The van der Waals surface area contributed by atoms with Gasteiger partial charge in [0.25, 0.3) is 0 Å². The Hall–Kier alpha value is -2.42. The van der Waals surface area contributed by atoms with Crippen molar-refractivity contribution in [2.45, 2.75) is 43.5 Å². The number of H-pyrrole nitrogens is 1. The Morgan fingerprint density at radius 1 is 0.897 bits per heavy atom. The van der Waals surface area contributed by atoms with Crippen LogP contribution in [0, 0.1) is 0 Å². The van der Waals surface area contributed by atoms with Crippen molar-refractivity contribution in [3.63, 3.8) is 0 Å². The number of aromatic nitrogens is 1. The summed E-state index contributed by atoms with van der Waals surface area (Å²) in [4.78, 5) is 3.24. The molecule has 0 saturated carbocycles. The summed E-state index contributed by atoms with van der Waals surface area (Å²) in [5, 5.41) is 40.5. The average molecular weight is 399 g/mol. The molecule has 154 valence electrons. The third-order valence-electron chi connectivity index (χ3n) is 5.37. The molecule has 1 aliphatic heterocycles. The fraction of sp³-hybridized carbons (Fsp3) is 0.364. The third kappa shape index (κ3) is 4.01. The first-order valence-corrected chi connectivity index (χ1v) is 9.68. The Balaban J connectivity index is 1.58. The van der Waals surface area contributed by atoms with Gasteiger partial charge in [-0.3, -0.25) is 0 Å². The van der Waals surface area contributed by atoms with Gasteiger partial charge >= 0.3 is 0 Å². The van der Waals surface area contributed by atoms with Crippen LogP contribution >= 0.6 is 0 Å². The molecule has 7 nitrogen and oxygen atoms in total. The van der Waals surface area contributed by atoms with Crippen molar-refractivity contribution in [3.05, 3.63) is 65.9 Å². The van der Waals surface area contributed by atoms with Crippen LogP contribution in [0.1, 0.15) is 11.1 Å². The highest BCUT2D eigenvalue weighted by Gasteiger charge is 2.44. The number of aliphatic hydroxyl groups excluding tert-OH is 4. The lowest BCUT2D eigenvalue weighted by atomic mass is 9.99. The summed E-state index contributed by atoms with van der Waals surface area (Å²) < 4.78 is 11.4. The highest BCUT2D eigenvalue weighted by Crippen LogP contribution is 2.32. The van der Waals surface area contributed by atoms with Crippen molar-refractivity contribution in [1.82, 2.24) is 4.98 Å². The minimum absolute atomic E-state index is 0.496. The Morgan fingerprint density at radius 2 is 1.69 bits per heavy atom. The number of aromatic amines is 1. The molecule has 1 aromatic heterocycles. The molecule has 29 heavy (non-hydrogen) atoms. The molecule has 1 saturated heterocycles. The van der Waals surface area contributed by atoms with E-state index in [-0.39, 0.29) is 0 Å². The normalized spacial score (nSPS) is 27.2. The highest BCUT2D eigenvalue weighted by molar-refractivity contribution is 5.89. The molecule has 0 spiro atoms. The zero-order valence-electron chi connectivity index (χ0n) is 15.8. The van der Waals surface area contributed by atoms with Gasteiger partial charge in [-0.2, -0.15) is 0 Å². The zero-order valence-corrected chi connectivity index (χ0v) is 15.8. The first-order chi connectivity index (χ1) is 14.1. The molecule has 3 aromatic rings. The summed E-state index contributed by atoms with van der Waals surface area (Å²) in [6.07, 6.45) is -2.98. The zero-order chi connectivity index (χ0) is 20.4. The lowest BCUT2D eigenvalue weighted by Gasteiger charge is -2.39. The number of rotatable bonds is 6. The van der Waals surface area contributed by atoms with Crippen molar-refractivity contribution >= 4 is 10.9 Å². The van der Waals surface area contributed by atoms with Crippen molar-refractivity contribution in [2.75, 3.05) is 6.61 Å². The molecule has 5 atom stereocenters. The topological polar surface area (TPSA) is 115 Å². The maximum Gasteiger partial charge on any atom is 0.229 e. The van der Waals surface area contributed by atoms with Gasteiger partial charge in [0.1, 0.15) is 30.2 Å². The van der Waals surface area contributed by atoms with Gasteiger partial charge in [0.15, 0.2) is 0 Å². The quantitative estimate of drug-likeness (QED) is 0.425. The van der Waals surface area contributed by atoms with E-state index in [1.54, 1.807) is 6.07 Å². The minimum atomic E-state index is -1.48. The number of aliphatic hydroxyl groups is 4. The second-order valence-corrected chi connectivity index (χ2v) is 7.29. The van der Waals surface area contributed by atoms with E-state index in [9.17, 15) is 20.4 Å². The predicted molar refractivity (Wildman–Crippen MR) is 107 cm³/mol. The molecule has 0 amide bonds. The van der Waals surface area contributed by atoms with Gasteiger partial charge in [-0.05, 0) is 36.1 Å². The van der Waals surface area contributed by atoms with E-state index in [1.807, 2.05) is 36.5 Å². The molecule has 0 unspecified atom stereocenters. The molecule has 7 heteroatoms. The summed E-state index contributed by atoms with van der Waals surface area (Å²) in [6.45, 7) is -0.499. The predicted octanol–water partition coefficient (Wildman–Crippen LogP) is 1.13. The van der Waals surface area contributed by atoms with Crippen LogP contribution in [0.25, 0.3) is 10.9 Å². The Kier molecular flexibility index (Phi) is 5.84. The maximum atomic E-state index is 10.3. The molecule has 2 aromatic carbocycles. The van der Waals surface area contributed by atoms with Gasteiger partial charge in [-0.25, -0.2) is 0 Å². The molecule has 1 fully saturated rings. The molecule has 1 aliphatic rings. The van der Waals surface area contributed by atoms with Gasteiger partial charge in [0.05, 0.1) is 6.61 Å². The first kappa shape index (κ1) is 19.9. The van der Waals surface area contributed by atoms with Crippen LogP contribution in [-0.2, 0) is 17.6 Å². The molecular weight excluding hydrogens is 374 g/mol. The summed E-state index contributed by atoms with van der Waals surface area (Å²) in [5.74, 6) is 0.496. The van der Waals surface area contributed by atoms with Crippen molar-refractivity contribution < 1.29 is 29.9 Å². The van der Waals surface area contributed by atoms with Crippen LogP contribution in [0.4, 0.5) is 0 Å². The van der Waals surface area contributed by atoms with Crippen molar-refractivity contribution in [1.29, 1.82) is 0 Å². The van der Waals surface area contributed by atoms with Gasteiger partial charge in [-0.15, -0.1) is 0 Å². The van der Waals surface area contributed by atoms with Gasteiger partial charge in [0.2, 0.25) is 6.29 Å². The second kappa shape index (κ2) is 8.52. The molecule has 5 N–H and O–H groups in total. The Bertz CT molecular complexity index is 941. The van der Waals surface area contributed by atoms with Crippen LogP contribution in [0.5, 0.6) is 5.75 Å². The molecule has 4 rings (SSSR count). The van der Waals surface area contributed by atoms with E-state index >= 15 is 0 Å². The molecule has 2 heterocycles. The van der Waals surface area contributed by atoms with Crippen LogP contribution in [0.2, 0.25) is 0 Å². The van der Waals surface area contributed by atoms with Crippen LogP contribution in [-0.4, -0.2) is 62.7 Å². The number of hydrogen-bond acceptors (Lipinski definition) is 6. The fourth-order valence-corrected chi connectivity index (χ4v) is 3.73. The van der Waals surface area contributed by atoms with Crippen molar-refractivity contribution in [3.8, 4) is 5.75 Å². The third-order valence-corrected chi connectivity index (χ3v) is 5.37. The fourth-order valence-electron chi connectivity index (χ4n) is 3.73. The van der Waals surface area contributed by atoms with Crippen LogP contribution < -0.4 is 4.74 Å². The summed E-state index contributed by atoms with van der Waals surface area (Å²) in [7, 11) is 0. The number of nitrogens with one attached hydrogen (secondary N) is 1. The Morgan fingerprint density at radius 3 is 2.45 bits per heavy atom.